The van der Waals surface area contributed by atoms with Crippen LogP contribution in [0.1, 0.15) is 35.4 Å². The molecule has 3 rings (SSSR count). The highest BCUT2D eigenvalue weighted by Crippen LogP contribution is 2.36. The Labute approximate surface area is 126 Å². The maximum atomic E-state index is 13.7. The summed E-state index contributed by atoms with van der Waals surface area (Å²) in [6, 6.07) is 15.7. The Hall–Kier alpha value is -1.67. The molecule has 0 radical (unpaired) electrons. The van der Waals surface area contributed by atoms with Crippen LogP contribution in [0.2, 0.25) is 0 Å². The van der Waals surface area contributed by atoms with Crippen molar-refractivity contribution in [2.45, 2.75) is 25.7 Å². The van der Waals surface area contributed by atoms with Crippen molar-refractivity contribution in [3.05, 3.63) is 71.0 Å². The van der Waals surface area contributed by atoms with Gasteiger partial charge in [-0.05, 0) is 62.0 Å². The van der Waals surface area contributed by atoms with E-state index in [9.17, 15) is 4.39 Å². The zero-order valence-corrected chi connectivity index (χ0v) is 12.5. The van der Waals surface area contributed by atoms with Crippen LogP contribution in [0.25, 0.3) is 0 Å². The van der Waals surface area contributed by atoms with Crippen molar-refractivity contribution >= 4 is 0 Å². The van der Waals surface area contributed by atoms with Gasteiger partial charge < -0.3 is 5.32 Å². The van der Waals surface area contributed by atoms with E-state index in [1.165, 1.54) is 30.0 Å². The average molecular weight is 283 g/mol. The molecule has 0 bridgehead atoms. The number of hydrogen-bond donors (Lipinski definition) is 1. The van der Waals surface area contributed by atoms with Gasteiger partial charge in [0.15, 0.2) is 0 Å². The molecular weight excluding hydrogens is 261 g/mol. The molecule has 1 heterocycles. The van der Waals surface area contributed by atoms with Gasteiger partial charge in [-0.3, -0.25) is 0 Å². The van der Waals surface area contributed by atoms with Crippen LogP contribution in [0.4, 0.5) is 4.39 Å². The van der Waals surface area contributed by atoms with Crippen LogP contribution in [0, 0.1) is 18.7 Å². The molecule has 1 fully saturated rings. The first kappa shape index (κ1) is 14.3. The van der Waals surface area contributed by atoms with Crippen LogP contribution in [0.5, 0.6) is 0 Å². The number of halogens is 1. The Morgan fingerprint density at radius 1 is 1.10 bits per heavy atom. The minimum Gasteiger partial charge on any atom is -0.316 e. The van der Waals surface area contributed by atoms with Crippen molar-refractivity contribution in [2.75, 3.05) is 13.1 Å². The Morgan fingerprint density at radius 3 is 2.52 bits per heavy atom. The Kier molecular flexibility index (Phi) is 4.35. The van der Waals surface area contributed by atoms with E-state index in [0.717, 1.165) is 18.7 Å². The lowest BCUT2D eigenvalue weighted by molar-refractivity contribution is 0.346. The molecule has 2 heteroatoms. The van der Waals surface area contributed by atoms with Crippen molar-refractivity contribution in [2.24, 2.45) is 5.92 Å². The molecular formula is C19H22FN. The quantitative estimate of drug-likeness (QED) is 0.887. The van der Waals surface area contributed by atoms with E-state index in [1.54, 1.807) is 6.07 Å². The number of piperidine rings is 1. The predicted molar refractivity (Wildman–Crippen MR) is 85.0 cm³/mol. The summed E-state index contributed by atoms with van der Waals surface area (Å²) >= 11 is 0. The molecule has 2 atom stereocenters. The van der Waals surface area contributed by atoms with Gasteiger partial charge in [-0.1, -0.05) is 42.0 Å². The Morgan fingerprint density at radius 2 is 1.86 bits per heavy atom. The van der Waals surface area contributed by atoms with Gasteiger partial charge >= 0.3 is 0 Å². The topological polar surface area (TPSA) is 12.0 Å². The van der Waals surface area contributed by atoms with Crippen molar-refractivity contribution in [3.8, 4) is 0 Å². The SMILES string of the molecule is Cc1cccc(C(c2cccc(F)c2)C2CCCNC2)c1. The van der Waals surface area contributed by atoms with E-state index in [-0.39, 0.29) is 11.7 Å². The molecule has 0 saturated carbocycles. The van der Waals surface area contributed by atoms with E-state index in [1.807, 2.05) is 6.07 Å². The molecule has 1 saturated heterocycles. The van der Waals surface area contributed by atoms with Crippen molar-refractivity contribution < 1.29 is 4.39 Å². The molecule has 0 amide bonds. The highest BCUT2D eigenvalue weighted by molar-refractivity contribution is 5.36. The molecule has 0 aromatic heterocycles. The van der Waals surface area contributed by atoms with Crippen molar-refractivity contribution in [1.82, 2.24) is 5.32 Å². The fourth-order valence-electron chi connectivity index (χ4n) is 3.46. The highest BCUT2D eigenvalue weighted by atomic mass is 19.1. The first-order valence-corrected chi connectivity index (χ1v) is 7.77. The molecule has 1 aliphatic heterocycles. The summed E-state index contributed by atoms with van der Waals surface area (Å²) in [6.07, 6.45) is 2.39. The lowest BCUT2D eigenvalue weighted by atomic mass is 9.77. The van der Waals surface area contributed by atoms with Crippen LogP contribution in [-0.4, -0.2) is 13.1 Å². The fraction of sp³-hybridized carbons (Fsp3) is 0.368. The minimum atomic E-state index is -0.145. The largest absolute Gasteiger partial charge is 0.316 e. The summed E-state index contributed by atoms with van der Waals surface area (Å²) < 4.78 is 13.7. The molecule has 1 aliphatic rings. The molecule has 110 valence electrons. The Bertz CT molecular complexity index is 557. The first-order valence-electron chi connectivity index (χ1n) is 7.77. The highest BCUT2D eigenvalue weighted by Gasteiger charge is 2.26. The van der Waals surface area contributed by atoms with Gasteiger partial charge in [-0.15, -0.1) is 0 Å². The standard InChI is InChI=1S/C19H22FN/c1-14-5-2-6-15(11-14)19(17-8-4-10-21-13-17)16-7-3-9-18(20)12-16/h2-3,5-7,9,11-12,17,19,21H,4,8,10,13H2,1H3. The first-order chi connectivity index (χ1) is 10.2. The molecule has 21 heavy (non-hydrogen) atoms. The molecule has 2 unspecified atom stereocenters. The fourth-order valence-corrected chi connectivity index (χ4v) is 3.46. The second-order valence-corrected chi connectivity index (χ2v) is 6.05. The maximum Gasteiger partial charge on any atom is 0.123 e. The average Bonchev–Trinajstić information content (AvgIpc) is 2.49. The second-order valence-electron chi connectivity index (χ2n) is 6.05. The normalized spacial score (nSPS) is 20.2. The van der Waals surface area contributed by atoms with Gasteiger partial charge in [0.2, 0.25) is 0 Å². The summed E-state index contributed by atoms with van der Waals surface area (Å²) in [4.78, 5) is 0. The van der Waals surface area contributed by atoms with Crippen LogP contribution in [0.3, 0.4) is 0 Å². The summed E-state index contributed by atoms with van der Waals surface area (Å²) in [5, 5.41) is 3.49. The molecule has 1 nitrogen and oxygen atoms in total. The van der Waals surface area contributed by atoms with Crippen LogP contribution >= 0.6 is 0 Å². The molecule has 0 spiro atoms. The molecule has 2 aromatic rings. The van der Waals surface area contributed by atoms with Gasteiger partial charge in [0.25, 0.3) is 0 Å². The molecule has 1 N–H and O–H groups in total. The van der Waals surface area contributed by atoms with Crippen LogP contribution in [-0.2, 0) is 0 Å². The number of aryl methyl sites for hydroxylation is 1. The van der Waals surface area contributed by atoms with Gasteiger partial charge in [-0.25, -0.2) is 4.39 Å². The van der Waals surface area contributed by atoms with Crippen molar-refractivity contribution in [1.29, 1.82) is 0 Å². The molecule has 0 aliphatic carbocycles. The lowest BCUT2D eigenvalue weighted by Gasteiger charge is -2.32. The number of hydrogen-bond acceptors (Lipinski definition) is 1. The van der Waals surface area contributed by atoms with Crippen LogP contribution in [0.15, 0.2) is 48.5 Å². The number of nitrogens with one attached hydrogen (secondary N) is 1. The van der Waals surface area contributed by atoms with Gasteiger partial charge in [-0.2, -0.15) is 0 Å². The minimum absolute atomic E-state index is 0.145. The van der Waals surface area contributed by atoms with E-state index >= 15 is 0 Å². The summed E-state index contributed by atoms with van der Waals surface area (Å²) in [5.74, 6) is 0.657. The molecule has 2 aromatic carbocycles. The zero-order valence-electron chi connectivity index (χ0n) is 12.5. The number of rotatable bonds is 3. The van der Waals surface area contributed by atoms with Crippen molar-refractivity contribution in [3.63, 3.8) is 0 Å². The van der Waals surface area contributed by atoms with E-state index in [4.69, 9.17) is 0 Å². The zero-order chi connectivity index (χ0) is 14.7. The predicted octanol–water partition coefficient (Wildman–Crippen LogP) is 4.27. The summed E-state index contributed by atoms with van der Waals surface area (Å²) in [5.41, 5.74) is 3.65. The third-order valence-electron chi connectivity index (χ3n) is 4.42. The second kappa shape index (κ2) is 6.40. The number of benzene rings is 2. The third kappa shape index (κ3) is 3.33. The lowest BCUT2D eigenvalue weighted by Crippen LogP contribution is -2.33. The van der Waals surface area contributed by atoms with Gasteiger partial charge in [0, 0.05) is 5.92 Å². The summed E-state index contributed by atoms with van der Waals surface area (Å²) in [6.45, 7) is 4.22. The third-order valence-corrected chi connectivity index (χ3v) is 4.42. The van der Waals surface area contributed by atoms with E-state index in [0.29, 0.717) is 5.92 Å². The van der Waals surface area contributed by atoms with E-state index in [2.05, 4.69) is 42.6 Å². The maximum absolute atomic E-state index is 13.7. The Balaban J connectivity index is 2.01. The van der Waals surface area contributed by atoms with Crippen LogP contribution < -0.4 is 5.32 Å². The van der Waals surface area contributed by atoms with E-state index < -0.39 is 0 Å². The van der Waals surface area contributed by atoms with Gasteiger partial charge in [0.1, 0.15) is 5.82 Å². The van der Waals surface area contributed by atoms with Gasteiger partial charge in [0.05, 0.1) is 0 Å². The monoisotopic (exact) mass is 283 g/mol. The summed E-state index contributed by atoms with van der Waals surface area (Å²) in [7, 11) is 0. The smallest absolute Gasteiger partial charge is 0.123 e.